The molecule has 5 unspecified atom stereocenters. The number of aliphatic hydroxyl groups excluding tert-OH is 4. The number of carbonyl (C=O) groups excluding carboxylic acids is 1. The molecule has 0 saturated carbocycles. The van der Waals surface area contributed by atoms with Gasteiger partial charge in [-0.05, 0) is 54.1 Å². The summed E-state index contributed by atoms with van der Waals surface area (Å²) in [6.45, 7) is -0.731. The molecule has 11 heteroatoms. The van der Waals surface area contributed by atoms with Gasteiger partial charge < -0.3 is 34.6 Å². The van der Waals surface area contributed by atoms with Gasteiger partial charge in [0, 0.05) is 4.47 Å². The number of ether oxygens (including phenoxy) is 3. The van der Waals surface area contributed by atoms with E-state index in [1.165, 1.54) is 6.21 Å². The maximum Gasteiger partial charge on any atom is 0.277 e. The van der Waals surface area contributed by atoms with E-state index in [0.29, 0.717) is 17.1 Å². The third-order valence-electron chi connectivity index (χ3n) is 4.57. The Kier molecular flexibility index (Phi) is 8.56. The third-order valence-corrected chi connectivity index (χ3v) is 5.10. The van der Waals surface area contributed by atoms with Crippen LogP contribution < -0.4 is 14.9 Å². The average molecular weight is 511 g/mol. The first-order chi connectivity index (χ1) is 15.4. The lowest BCUT2D eigenvalue weighted by molar-refractivity contribution is -0.277. The molecule has 3 rings (SSSR count). The van der Waals surface area contributed by atoms with E-state index >= 15 is 0 Å². The quantitative estimate of drug-likeness (QED) is 0.249. The molecule has 5 N–H and O–H groups in total. The van der Waals surface area contributed by atoms with Crippen LogP contribution in [0.15, 0.2) is 58.1 Å². The monoisotopic (exact) mass is 510 g/mol. The van der Waals surface area contributed by atoms with E-state index in [4.69, 9.17) is 14.2 Å². The van der Waals surface area contributed by atoms with Crippen LogP contribution in [0, 0.1) is 0 Å². The summed E-state index contributed by atoms with van der Waals surface area (Å²) in [5.41, 5.74) is 3.01. The Hall–Kier alpha value is -2.54. The molecule has 172 valence electrons. The number of benzene rings is 2. The number of aliphatic hydroxyl groups is 4. The second-order valence-electron chi connectivity index (χ2n) is 6.92. The molecule has 0 spiro atoms. The summed E-state index contributed by atoms with van der Waals surface area (Å²) in [5, 5.41) is 42.7. The van der Waals surface area contributed by atoms with Gasteiger partial charge in [-0.1, -0.05) is 15.9 Å². The van der Waals surface area contributed by atoms with Crippen molar-refractivity contribution in [3.63, 3.8) is 0 Å². The van der Waals surface area contributed by atoms with Crippen molar-refractivity contribution >= 4 is 28.1 Å². The summed E-state index contributed by atoms with van der Waals surface area (Å²) in [5.74, 6) is 0.451. The van der Waals surface area contributed by atoms with Crippen molar-refractivity contribution in [2.45, 2.75) is 30.7 Å². The van der Waals surface area contributed by atoms with Crippen molar-refractivity contribution in [1.29, 1.82) is 0 Å². The maximum absolute atomic E-state index is 11.8. The fourth-order valence-electron chi connectivity index (χ4n) is 2.82. The van der Waals surface area contributed by atoms with Gasteiger partial charge in [0.05, 0.1) is 12.8 Å². The highest BCUT2D eigenvalue weighted by Crippen LogP contribution is 2.24. The molecule has 0 bridgehead atoms. The largest absolute Gasteiger partial charge is 0.484 e. The topological polar surface area (TPSA) is 150 Å². The lowest BCUT2D eigenvalue weighted by Crippen LogP contribution is -2.60. The fourth-order valence-corrected chi connectivity index (χ4v) is 3.09. The predicted molar refractivity (Wildman–Crippen MR) is 116 cm³/mol. The van der Waals surface area contributed by atoms with Crippen LogP contribution >= 0.6 is 15.9 Å². The minimum Gasteiger partial charge on any atom is -0.484 e. The highest BCUT2D eigenvalue weighted by molar-refractivity contribution is 9.10. The molecule has 1 aliphatic rings. The highest BCUT2D eigenvalue weighted by atomic mass is 79.9. The molecule has 1 heterocycles. The average Bonchev–Trinajstić information content (AvgIpc) is 2.80. The number of hydrazone groups is 1. The third kappa shape index (κ3) is 6.48. The number of amides is 1. The van der Waals surface area contributed by atoms with Crippen LogP contribution in [0.25, 0.3) is 0 Å². The van der Waals surface area contributed by atoms with Crippen molar-refractivity contribution in [1.82, 2.24) is 5.43 Å². The zero-order valence-corrected chi connectivity index (χ0v) is 18.3. The van der Waals surface area contributed by atoms with Crippen molar-refractivity contribution in [2.24, 2.45) is 5.10 Å². The first-order valence-corrected chi connectivity index (χ1v) is 10.4. The van der Waals surface area contributed by atoms with Crippen LogP contribution in [-0.2, 0) is 9.53 Å². The Labute approximate surface area is 192 Å². The number of hydrogen-bond acceptors (Lipinski definition) is 9. The fraction of sp³-hybridized carbons (Fsp3) is 0.333. The number of halogens is 1. The number of nitrogens with zero attached hydrogens (tertiary/aromatic N) is 1. The van der Waals surface area contributed by atoms with E-state index in [9.17, 15) is 25.2 Å². The van der Waals surface area contributed by atoms with Crippen molar-refractivity contribution in [2.75, 3.05) is 13.2 Å². The van der Waals surface area contributed by atoms with E-state index in [1.54, 1.807) is 48.5 Å². The van der Waals surface area contributed by atoms with Gasteiger partial charge >= 0.3 is 0 Å². The van der Waals surface area contributed by atoms with Crippen molar-refractivity contribution in [3.8, 4) is 11.5 Å². The summed E-state index contributed by atoms with van der Waals surface area (Å²) in [4.78, 5) is 11.8. The minimum atomic E-state index is -1.52. The highest BCUT2D eigenvalue weighted by Gasteiger charge is 2.44. The second-order valence-corrected chi connectivity index (χ2v) is 7.84. The van der Waals surface area contributed by atoms with Crippen molar-refractivity contribution < 1.29 is 39.4 Å². The van der Waals surface area contributed by atoms with Gasteiger partial charge in [0.15, 0.2) is 6.61 Å². The van der Waals surface area contributed by atoms with E-state index in [-0.39, 0.29) is 6.61 Å². The maximum atomic E-state index is 11.8. The molecule has 32 heavy (non-hydrogen) atoms. The zero-order valence-electron chi connectivity index (χ0n) is 16.7. The summed E-state index contributed by atoms with van der Waals surface area (Å²) in [7, 11) is 0. The Bertz CT molecular complexity index is 907. The minimum absolute atomic E-state index is 0.190. The standard InChI is InChI=1S/C21H23BrN2O8/c22-13-3-7-14(8-4-13)30-11-17(26)24-23-9-12-1-5-15(6-2-12)31-21-20(29)19(28)18(27)16(10-25)32-21/h1-9,16,18-21,25,27-29H,10-11H2,(H,24,26)/b23-9+. The van der Waals surface area contributed by atoms with Gasteiger partial charge in [0.1, 0.15) is 35.9 Å². The van der Waals surface area contributed by atoms with Crippen molar-refractivity contribution in [3.05, 3.63) is 58.6 Å². The molecule has 1 fully saturated rings. The molecule has 1 aliphatic heterocycles. The molecule has 0 radical (unpaired) electrons. The normalized spacial score (nSPS) is 25.5. The van der Waals surface area contributed by atoms with Crippen LogP contribution in [0.4, 0.5) is 0 Å². The summed E-state index contributed by atoms with van der Waals surface area (Å²) in [6, 6.07) is 13.5. The van der Waals surface area contributed by atoms with Crippen LogP contribution in [0.3, 0.4) is 0 Å². The molecule has 2 aromatic rings. The second kappa shape index (κ2) is 11.4. The SMILES string of the molecule is O=C(COc1ccc(Br)cc1)N/N=C/c1ccc(OC2OC(CO)C(O)C(O)C2O)cc1. The Morgan fingerprint density at radius 3 is 2.34 bits per heavy atom. The lowest BCUT2D eigenvalue weighted by Gasteiger charge is -2.39. The van der Waals surface area contributed by atoms with Gasteiger partial charge in [-0.3, -0.25) is 4.79 Å². The molecule has 1 saturated heterocycles. The van der Waals surface area contributed by atoms with Crippen LogP contribution in [-0.4, -0.2) is 76.5 Å². The summed E-state index contributed by atoms with van der Waals surface area (Å²) < 4.78 is 17.1. The Balaban J connectivity index is 1.47. The van der Waals surface area contributed by atoms with Gasteiger partial charge in [0.2, 0.25) is 6.29 Å². The summed E-state index contributed by atoms with van der Waals surface area (Å²) >= 11 is 3.32. The summed E-state index contributed by atoms with van der Waals surface area (Å²) in [6.07, 6.45) is -5.37. The van der Waals surface area contributed by atoms with Crippen LogP contribution in [0.1, 0.15) is 5.56 Å². The Morgan fingerprint density at radius 2 is 1.69 bits per heavy atom. The lowest BCUT2D eigenvalue weighted by atomic mass is 9.99. The molecule has 2 aromatic carbocycles. The number of hydrogen-bond donors (Lipinski definition) is 5. The zero-order chi connectivity index (χ0) is 23.1. The van der Waals surface area contributed by atoms with Gasteiger partial charge in [-0.15, -0.1) is 0 Å². The smallest absolute Gasteiger partial charge is 0.277 e. The molecule has 1 amide bonds. The molecule has 10 nitrogen and oxygen atoms in total. The number of nitrogens with one attached hydrogen (secondary N) is 1. The molecule has 0 aromatic heterocycles. The van der Waals surface area contributed by atoms with Gasteiger partial charge in [0.25, 0.3) is 5.91 Å². The van der Waals surface area contributed by atoms with E-state index < -0.39 is 43.2 Å². The molecule has 5 atom stereocenters. The molecule has 0 aliphatic carbocycles. The number of carbonyl (C=O) groups is 1. The van der Waals surface area contributed by atoms with E-state index in [2.05, 4.69) is 26.5 Å². The van der Waals surface area contributed by atoms with Gasteiger partial charge in [-0.25, -0.2) is 5.43 Å². The Morgan fingerprint density at radius 1 is 1.03 bits per heavy atom. The van der Waals surface area contributed by atoms with Gasteiger partial charge in [-0.2, -0.15) is 5.10 Å². The van der Waals surface area contributed by atoms with Crippen LogP contribution in [0.5, 0.6) is 11.5 Å². The molecular formula is C21H23BrN2O8. The number of rotatable bonds is 8. The van der Waals surface area contributed by atoms with E-state index in [1.807, 2.05) is 0 Å². The van der Waals surface area contributed by atoms with E-state index in [0.717, 1.165) is 4.47 Å². The first-order valence-electron chi connectivity index (χ1n) is 9.65. The van der Waals surface area contributed by atoms with Crippen LogP contribution in [0.2, 0.25) is 0 Å². The molecular weight excluding hydrogens is 488 g/mol. The predicted octanol–water partition coefficient (Wildman–Crippen LogP) is 0.157. The first kappa shape index (κ1) is 24.1.